The molecule has 1 saturated carbocycles. The largest absolute Gasteiger partial charge is 0.497 e. The van der Waals surface area contributed by atoms with E-state index < -0.39 is 0 Å². The Morgan fingerprint density at radius 3 is 2.89 bits per heavy atom. The fourth-order valence-corrected chi connectivity index (χ4v) is 2.81. The lowest BCUT2D eigenvalue weighted by Gasteiger charge is -2.30. The molecule has 0 spiro atoms. The van der Waals surface area contributed by atoms with Gasteiger partial charge < -0.3 is 10.1 Å². The van der Waals surface area contributed by atoms with Crippen LogP contribution in [0.3, 0.4) is 0 Å². The average molecular weight is 258 g/mol. The number of ether oxygens (including phenoxy) is 1. The lowest BCUT2D eigenvalue weighted by atomic mass is 9.85. The molecule has 1 fully saturated rings. The second-order valence-electron chi connectivity index (χ2n) is 5.29. The van der Waals surface area contributed by atoms with E-state index in [0.717, 1.165) is 18.6 Å². The van der Waals surface area contributed by atoms with Gasteiger partial charge in [-0.2, -0.15) is 5.26 Å². The zero-order valence-corrected chi connectivity index (χ0v) is 11.7. The molecule has 1 aromatic rings. The van der Waals surface area contributed by atoms with Crippen LogP contribution in [0.4, 0.5) is 0 Å². The van der Waals surface area contributed by atoms with Crippen LogP contribution >= 0.6 is 0 Å². The number of nitriles is 1. The maximum Gasteiger partial charge on any atom is 0.119 e. The van der Waals surface area contributed by atoms with Crippen LogP contribution in [0, 0.1) is 17.2 Å². The number of hydrogen-bond donors (Lipinski definition) is 1. The smallest absolute Gasteiger partial charge is 0.119 e. The van der Waals surface area contributed by atoms with Gasteiger partial charge >= 0.3 is 0 Å². The third kappa shape index (κ3) is 3.48. The molecule has 1 aliphatic carbocycles. The zero-order chi connectivity index (χ0) is 13.7. The molecule has 0 amide bonds. The maximum absolute atomic E-state index is 9.22. The van der Waals surface area contributed by atoms with Crippen LogP contribution in [-0.4, -0.2) is 13.2 Å². The van der Waals surface area contributed by atoms with E-state index in [1.165, 1.54) is 18.4 Å². The zero-order valence-electron chi connectivity index (χ0n) is 11.7. The fraction of sp³-hybridized carbons (Fsp3) is 0.562. The normalized spacial score (nSPS) is 24.5. The SMILES string of the molecule is COc1cccc([C@@H](C)NC2CCCCC2C#N)c1. The predicted molar refractivity (Wildman–Crippen MR) is 75.9 cm³/mol. The lowest BCUT2D eigenvalue weighted by Crippen LogP contribution is -2.39. The van der Waals surface area contributed by atoms with Crippen molar-refractivity contribution < 1.29 is 4.74 Å². The minimum atomic E-state index is 0.154. The van der Waals surface area contributed by atoms with E-state index in [2.05, 4.69) is 30.4 Å². The van der Waals surface area contributed by atoms with Gasteiger partial charge in [0.1, 0.15) is 5.75 Å². The summed E-state index contributed by atoms with van der Waals surface area (Å²) in [4.78, 5) is 0. The molecule has 102 valence electrons. The predicted octanol–water partition coefficient (Wildman–Crippen LogP) is 3.43. The van der Waals surface area contributed by atoms with Gasteiger partial charge in [-0.3, -0.25) is 0 Å². The molecule has 3 atom stereocenters. The van der Waals surface area contributed by atoms with E-state index in [9.17, 15) is 5.26 Å². The molecule has 0 bridgehead atoms. The third-order valence-corrected chi connectivity index (χ3v) is 3.99. The minimum Gasteiger partial charge on any atom is -0.497 e. The van der Waals surface area contributed by atoms with Crippen LogP contribution in [0.15, 0.2) is 24.3 Å². The van der Waals surface area contributed by atoms with Crippen LogP contribution in [-0.2, 0) is 0 Å². The van der Waals surface area contributed by atoms with Crippen molar-refractivity contribution >= 4 is 0 Å². The summed E-state index contributed by atoms with van der Waals surface area (Å²) in [5, 5.41) is 12.8. The van der Waals surface area contributed by atoms with Crippen molar-refractivity contribution in [2.24, 2.45) is 5.92 Å². The molecule has 0 aliphatic heterocycles. The van der Waals surface area contributed by atoms with Gasteiger partial charge in [-0.1, -0.05) is 25.0 Å². The van der Waals surface area contributed by atoms with Crippen molar-refractivity contribution in [3.63, 3.8) is 0 Å². The molecule has 2 unspecified atom stereocenters. The highest BCUT2D eigenvalue weighted by molar-refractivity contribution is 5.30. The summed E-state index contributed by atoms with van der Waals surface area (Å²) in [7, 11) is 1.68. The maximum atomic E-state index is 9.22. The average Bonchev–Trinajstić information content (AvgIpc) is 2.47. The summed E-state index contributed by atoms with van der Waals surface area (Å²) in [6.45, 7) is 2.15. The molecule has 3 nitrogen and oxygen atoms in total. The Hall–Kier alpha value is -1.53. The van der Waals surface area contributed by atoms with Gasteiger partial charge in [0.15, 0.2) is 0 Å². The van der Waals surface area contributed by atoms with Crippen molar-refractivity contribution in [1.82, 2.24) is 5.32 Å². The Morgan fingerprint density at radius 2 is 2.16 bits per heavy atom. The molecular formula is C16H22N2O. The highest BCUT2D eigenvalue weighted by Gasteiger charge is 2.26. The molecular weight excluding hydrogens is 236 g/mol. The third-order valence-electron chi connectivity index (χ3n) is 3.99. The number of methoxy groups -OCH3 is 1. The Bertz CT molecular complexity index is 452. The van der Waals surface area contributed by atoms with Crippen molar-refractivity contribution in [3.8, 4) is 11.8 Å². The van der Waals surface area contributed by atoms with E-state index in [-0.39, 0.29) is 12.0 Å². The van der Waals surface area contributed by atoms with Gasteiger partial charge in [-0.05, 0) is 37.5 Å². The molecule has 1 aliphatic rings. The second-order valence-corrected chi connectivity index (χ2v) is 5.29. The van der Waals surface area contributed by atoms with Crippen LogP contribution in [0.2, 0.25) is 0 Å². The van der Waals surface area contributed by atoms with Crippen molar-refractivity contribution in [3.05, 3.63) is 29.8 Å². The molecule has 1 N–H and O–H groups in total. The Balaban J connectivity index is 2.03. The van der Waals surface area contributed by atoms with Crippen LogP contribution in [0.5, 0.6) is 5.75 Å². The highest BCUT2D eigenvalue weighted by atomic mass is 16.5. The monoisotopic (exact) mass is 258 g/mol. The molecule has 0 radical (unpaired) electrons. The van der Waals surface area contributed by atoms with E-state index in [1.54, 1.807) is 7.11 Å². The van der Waals surface area contributed by atoms with Gasteiger partial charge in [0.05, 0.1) is 19.1 Å². The van der Waals surface area contributed by atoms with Gasteiger partial charge in [-0.25, -0.2) is 0 Å². The first kappa shape index (κ1) is 13.9. The molecule has 0 heterocycles. The molecule has 3 heteroatoms. The van der Waals surface area contributed by atoms with E-state index in [1.807, 2.05) is 12.1 Å². The summed E-state index contributed by atoms with van der Waals surface area (Å²) in [6, 6.07) is 11.1. The lowest BCUT2D eigenvalue weighted by molar-refractivity contribution is 0.292. The van der Waals surface area contributed by atoms with E-state index >= 15 is 0 Å². The Labute approximate surface area is 115 Å². The first-order valence-electron chi connectivity index (χ1n) is 7.04. The standard InChI is InChI=1S/C16H22N2O/c1-12(13-7-5-8-15(10-13)19-2)18-16-9-4-3-6-14(16)11-17/h5,7-8,10,12,14,16,18H,3-4,6,9H2,1-2H3/t12-,14?,16?/m1/s1. The second kappa shape index (κ2) is 6.58. The highest BCUT2D eigenvalue weighted by Crippen LogP contribution is 2.27. The Morgan fingerprint density at radius 1 is 1.37 bits per heavy atom. The first-order chi connectivity index (χ1) is 9.24. The number of nitrogens with one attached hydrogen (secondary N) is 1. The summed E-state index contributed by atoms with van der Waals surface area (Å²) in [6.07, 6.45) is 4.54. The van der Waals surface area contributed by atoms with E-state index in [0.29, 0.717) is 6.04 Å². The molecule has 1 aromatic carbocycles. The van der Waals surface area contributed by atoms with Gasteiger partial charge in [0.25, 0.3) is 0 Å². The van der Waals surface area contributed by atoms with Crippen LogP contribution < -0.4 is 10.1 Å². The molecule has 19 heavy (non-hydrogen) atoms. The topological polar surface area (TPSA) is 45.0 Å². The number of nitrogens with zero attached hydrogens (tertiary/aromatic N) is 1. The summed E-state index contributed by atoms with van der Waals surface area (Å²) >= 11 is 0. The van der Waals surface area contributed by atoms with Gasteiger partial charge in [0, 0.05) is 12.1 Å². The number of benzene rings is 1. The van der Waals surface area contributed by atoms with Gasteiger partial charge in [0.2, 0.25) is 0 Å². The summed E-state index contributed by atoms with van der Waals surface area (Å²) in [5.41, 5.74) is 1.21. The summed E-state index contributed by atoms with van der Waals surface area (Å²) in [5.74, 6) is 1.04. The first-order valence-corrected chi connectivity index (χ1v) is 7.04. The molecule has 2 rings (SSSR count). The van der Waals surface area contributed by atoms with Crippen LogP contribution in [0.25, 0.3) is 0 Å². The Kier molecular flexibility index (Phi) is 4.81. The van der Waals surface area contributed by atoms with E-state index in [4.69, 9.17) is 4.74 Å². The fourth-order valence-electron chi connectivity index (χ4n) is 2.81. The van der Waals surface area contributed by atoms with Gasteiger partial charge in [-0.15, -0.1) is 0 Å². The van der Waals surface area contributed by atoms with Crippen LogP contribution in [0.1, 0.15) is 44.2 Å². The van der Waals surface area contributed by atoms with Crippen molar-refractivity contribution in [2.45, 2.75) is 44.7 Å². The quantitative estimate of drug-likeness (QED) is 0.900. The van der Waals surface area contributed by atoms with Crippen molar-refractivity contribution in [2.75, 3.05) is 7.11 Å². The molecule has 0 saturated heterocycles. The molecule has 0 aromatic heterocycles. The summed E-state index contributed by atoms with van der Waals surface area (Å²) < 4.78 is 5.26. The van der Waals surface area contributed by atoms with Crippen molar-refractivity contribution in [1.29, 1.82) is 5.26 Å². The number of rotatable bonds is 4. The minimum absolute atomic E-state index is 0.154. The number of hydrogen-bond acceptors (Lipinski definition) is 3.